The minimum atomic E-state index is 0.328. The van der Waals surface area contributed by atoms with Gasteiger partial charge in [-0.05, 0) is 54.1 Å². The maximum absolute atomic E-state index is 6.00. The third kappa shape index (κ3) is 2.70. The van der Waals surface area contributed by atoms with Crippen LogP contribution in [0.4, 0.5) is 5.82 Å². The average molecular weight is 296 g/mol. The Labute approximate surface area is 122 Å². The Hall–Kier alpha value is -0.870. The molecule has 0 spiro atoms. The van der Waals surface area contributed by atoms with Crippen molar-refractivity contribution in [1.82, 2.24) is 9.97 Å². The lowest BCUT2D eigenvalue weighted by molar-refractivity contribution is 0.276. The second-order valence-electron chi connectivity index (χ2n) is 5.63. The Morgan fingerprint density at radius 3 is 2.95 bits per heavy atom. The zero-order chi connectivity index (χ0) is 13.4. The molecule has 3 unspecified atom stereocenters. The number of anilines is 1. The van der Waals surface area contributed by atoms with Gasteiger partial charge in [0.15, 0.2) is 0 Å². The van der Waals surface area contributed by atoms with Crippen LogP contribution in [0.1, 0.15) is 33.1 Å². The Balaban J connectivity index is 1.86. The highest BCUT2D eigenvalue weighted by Crippen LogP contribution is 2.33. The normalized spacial score (nSPS) is 27.6. The van der Waals surface area contributed by atoms with E-state index in [2.05, 4.69) is 35.2 Å². The summed E-state index contributed by atoms with van der Waals surface area (Å²) in [4.78, 5) is 9.58. The van der Waals surface area contributed by atoms with Gasteiger partial charge in [-0.25, -0.2) is 9.97 Å². The summed E-state index contributed by atoms with van der Waals surface area (Å²) in [6.45, 7) is 4.66. The van der Waals surface area contributed by atoms with Gasteiger partial charge < -0.3 is 5.32 Å². The molecule has 0 bridgehead atoms. The molecule has 0 aromatic carbocycles. The summed E-state index contributed by atoms with van der Waals surface area (Å²) < 4.78 is 0. The van der Waals surface area contributed by atoms with Crippen molar-refractivity contribution in [2.24, 2.45) is 11.8 Å². The van der Waals surface area contributed by atoms with Gasteiger partial charge in [-0.1, -0.05) is 13.8 Å². The molecule has 1 aliphatic rings. The molecule has 3 nitrogen and oxygen atoms in total. The molecule has 0 saturated heterocycles. The van der Waals surface area contributed by atoms with Gasteiger partial charge in [0, 0.05) is 6.04 Å². The molecule has 1 aliphatic carbocycles. The first kappa shape index (κ1) is 13.1. The van der Waals surface area contributed by atoms with E-state index in [1.165, 1.54) is 19.3 Å². The minimum absolute atomic E-state index is 0.328. The van der Waals surface area contributed by atoms with Crippen molar-refractivity contribution in [2.75, 3.05) is 5.32 Å². The van der Waals surface area contributed by atoms with Gasteiger partial charge in [0.2, 0.25) is 5.28 Å². The molecule has 19 heavy (non-hydrogen) atoms. The first-order valence-corrected chi connectivity index (χ1v) is 8.06. The summed E-state index contributed by atoms with van der Waals surface area (Å²) in [6, 6.07) is 2.56. The topological polar surface area (TPSA) is 37.8 Å². The molecule has 5 heteroatoms. The van der Waals surface area contributed by atoms with E-state index < -0.39 is 0 Å². The van der Waals surface area contributed by atoms with Crippen molar-refractivity contribution in [3.63, 3.8) is 0 Å². The Morgan fingerprint density at radius 1 is 1.32 bits per heavy atom. The van der Waals surface area contributed by atoms with Crippen molar-refractivity contribution >= 4 is 39.0 Å². The van der Waals surface area contributed by atoms with Crippen molar-refractivity contribution < 1.29 is 0 Å². The molecular formula is C14H18ClN3S. The summed E-state index contributed by atoms with van der Waals surface area (Å²) in [5, 5.41) is 7.04. The molecule has 3 rings (SSSR count). The first-order chi connectivity index (χ1) is 9.13. The number of nitrogens with zero attached hydrogens (tertiary/aromatic N) is 2. The third-order valence-electron chi connectivity index (χ3n) is 4.05. The summed E-state index contributed by atoms with van der Waals surface area (Å²) in [7, 11) is 0. The highest BCUT2D eigenvalue weighted by atomic mass is 35.5. The molecule has 1 saturated carbocycles. The van der Waals surface area contributed by atoms with Crippen LogP contribution in [0.15, 0.2) is 11.4 Å². The number of hydrogen-bond acceptors (Lipinski definition) is 4. The van der Waals surface area contributed by atoms with Gasteiger partial charge >= 0.3 is 0 Å². The van der Waals surface area contributed by atoms with E-state index in [-0.39, 0.29) is 0 Å². The lowest BCUT2D eigenvalue weighted by atomic mass is 9.80. The number of rotatable bonds is 2. The van der Waals surface area contributed by atoms with Gasteiger partial charge in [0.1, 0.15) is 10.6 Å². The second kappa shape index (κ2) is 5.25. The van der Waals surface area contributed by atoms with Gasteiger partial charge in [-0.15, -0.1) is 11.3 Å². The zero-order valence-electron chi connectivity index (χ0n) is 11.2. The molecule has 1 fully saturated rings. The Bertz CT molecular complexity index is 583. The van der Waals surface area contributed by atoms with Crippen LogP contribution >= 0.6 is 22.9 Å². The van der Waals surface area contributed by atoms with E-state index in [0.717, 1.165) is 22.0 Å². The van der Waals surface area contributed by atoms with Gasteiger partial charge in [-0.2, -0.15) is 0 Å². The molecular weight excluding hydrogens is 278 g/mol. The van der Waals surface area contributed by atoms with Crippen LogP contribution < -0.4 is 5.32 Å². The van der Waals surface area contributed by atoms with Crippen LogP contribution in [-0.2, 0) is 0 Å². The van der Waals surface area contributed by atoms with E-state index in [4.69, 9.17) is 11.6 Å². The average Bonchev–Trinajstić information content (AvgIpc) is 2.80. The molecule has 0 aliphatic heterocycles. The molecule has 2 aromatic rings. The smallest absolute Gasteiger partial charge is 0.225 e. The van der Waals surface area contributed by atoms with Crippen LogP contribution in [0, 0.1) is 11.8 Å². The summed E-state index contributed by atoms with van der Waals surface area (Å²) in [5.41, 5.74) is 0. The van der Waals surface area contributed by atoms with E-state index in [0.29, 0.717) is 17.2 Å². The van der Waals surface area contributed by atoms with Crippen molar-refractivity contribution in [2.45, 2.75) is 39.2 Å². The van der Waals surface area contributed by atoms with Crippen LogP contribution in [0.5, 0.6) is 0 Å². The molecule has 3 atom stereocenters. The quantitative estimate of drug-likeness (QED) is 0.824. The van der Waals surface area contributed by atoms with E-state index in [1.807, 2.05) is 5.38 Å². The minimum Gasteiger partial charge on any atom is -0.366 e. The molecule has 0 radical (unpaired) electrons. The Morgan fingerprint density at radius 2 is 2.16 bits per heavy atom. The van der Waals surface area contributed by atoms with Crippen molar-refractivity contribution in [1.29, 1.82) is 0 Å². The maximum Gasteiger partial charge on any atom is 0.225 e. The fourth-order valence-electron chi connectivity index (χ4n) is 2.99. The van der Waals surface area contributed by atoms with Crippen LogP contribution in [-0.4, -0.2) is 16.0 Å². The van der Waals surface area contributed by atoms with Crippen molar-refractivity contribution in [3.05, 3.63) is 16.7 Å². The lowest BCUT2D eigenvalue weighted by Crippen LogP contribution is -2.33. The molecule has 2 heterocycles. The maximum atomic E-state index is 6.00. The fraction of sp³-hybridized carbons (Fsp3) is 0.571. The highest BCUT2D eigenvalue weighted by molar-refractivity contribution is 7.16. The second-order valence-corrected chi connectivity index (χ2v) is 6.86. The zero-order valence-corrected chi connectivity index (χ0v) is 12.8. The van der Waals surface area contributed by atoms with E-state index in [1.54, 1.807) is 11.3 Å². The molecule has 102 valence electrons. The van der Waals surface area contributed by atoms with Crippen LogP contribution in [0.2, 0.25) is 5.28 Å². The summed E-state index contributed by atoms with van der Waals surface area (Å²) in [5.74, 6) is 2.40. The van der Waals surface area contributed by atoms with Gasteiger partial charge in [0.05, 0.1) is 5.39 Å². The summed E-state index contributed by atoms with van der Waals surface area (Å²) >= 11 is 7.61. The van der Waals surface area contributed by atoms with Crippen LogP contribution in [0.3, 0.4) is 0 Å². The summed E-state index contributed by atoms with van der Waals surface area (Å²) in [6.07, 6.45) is 3.77. The number of nitrogens with one attached hydrogen (secondary N) is 1. The Kier molecular flexibility index (Phi) is 3.63. The number of aromatic nitrogens is 2. The lowest BCUT2D eigenvalue weighted by Gasteiger charge is -2.33. The number of thiophene rings is 1. The predicted molar refractivity (Wildman–Crippen MR) is 82.0 cm³/mol. The number of halogens is 1. The molecule has 1 N–H and O–H groups in total. The third-order valence-corrected chi connectivity index (χ3v) is 5.03. The predicted octanol–water partition coefficient (Wildman–Crippen LogP) is 4.58. The fourth-order valence-corrected chi connectivity index (χ4v) is 3.98. The highest BCUT2D eigenvalue weighted by Gasteiger charge is 2.26. The van der Waals surface area contributed by atoms with Gasteiger partial charge in [0.25, 0.3) is 0 Å². The largest absolute Gasteiger partial charge is 0.366 e. The monoisotopic (exact) mass is 295 g/mol. The van der Waals surface area contributed by atoms with Crippen molar-refractivity contribution in [3.8, 4) is 0 Å². The SMILES string of the molecule is CC1CCC(Nc2nc(Cl)nc3sccc23)C(C)C1. The first-order valence-electron chi connectivity index (χ1n) is 6.80. The van der Waals surface area contributed by atoms with Gasteiger partial charge in [-0.3, -0.25) is 0 Å². The molecule has 0 amide bonds. The molecule has 2 aromatic heterocycles. The van der Waals surface area contributed by atoms with E-state index in [9.17, 15) is 0 Å². The van der Waals surface area contributed by atoms with E-state index >= 15 is 0 Å². The number of fused-ring (bicyclic) bond motifs is 1. The number of hydrogen-bond donors (Lipinski definition) is 1. The van der Waals surface area contributed by atoms with Crippen LogP contribution in [0.25, 0.3) is 10.2 Å². The standard InChI is InChI=1S/C14H18ClN3S/c1-8-3-4-11(9(2)7-8)16-12-10-5-6-19-13(10)18-14(15)17-12/h5-6,8-9,11H,3-4,7H2,1-2H3,(H,16,17,18).